The first-order valence-corrected chi connectivity index (χ1v) is 11.9. The van der Waals surface area contributed by atoms with Crippen LogP contribution in [0.2, 0.25) is 5.02 Å². The minimum atomic E-state index is -0.311. The average molecular weight is 488 g/mol. The summed E-state index contributed by atoms with van der Waals surface area (Å²) in [6.07, 6.45) is 0. The lowest BCUT2D eigenvalue weighted by molar-refractivity contribution is -0.920. The molecule has 0 saturated carbocycles. The average Bonchev–Trinajstić information content (AvgIpc) is 3.01. The van der Waals surface area contributed by atoms with E-state index in [-0.39, 0.29) is 16.3 Å². The second-order valence-electron chi connectivity index (χ2n) is 9.08. The van der Waals surface area contributed by atoms with Gasteiger partial charge in [0, 0.05) is 21.8 Å². The number of anilines is 2. The van der Waals surface area contributed by atoms with E-state index >= 15 is 0 Å². The summed E-state index contributed by atoms with van der Waals surface area (Å²) < 4.78 is 0.273. The van der Waals surface area contributed by atoms with Gasteiger partial charge in [-0.3, -0.25) is 4.79 Å². The molecule has 0 bridgehead atoms. The Balaban J connectivity index is 1.41. The first-order chi connectivity index (χ1) is 16.8. The number of fused-ring (bicyclic) bond motifs is 2. The quantitative estimate of drug-likeness (QED) is 0.260. The van der Waals surface area contributed by atoms with E-state index in [1.54, 1.807) is 24.3 Å². The van der Waals surface area contributed by atoms with E-state index in [4.69, 9.17) is 16.6 Å². The molecule has 7 nitrogen and oxygen atoms in total. The number of para-hydroxylation sites is 1. The van der Waals surface area contributed by atoms with Gasteiger partial charge in [0.25, 0.3) is 0 Å². The van der Waals surface area contributed by atoms with Crippen LogP contribution in [0, 0.1) is 0 Å². The van der Waals surface area contributed by atoms with E-state index in [0.717, 1.165) is 28.5 Å². The Kier molecular flexibility index (Phi) is 6.05. The van der Waals surface area contributed by atoms with E-state index in [2.05, 4.69) is 21.4 Å². The SMILES string of the molecule is CC(=O)c1cccc(/C([O-])=N/[N+]2(C)CCN(C3=Nc4cc(Cl)ccc4Nc4ccccc43)CC2)c1. The lowest BCUT2D eigenvalue weighted by atomic mass is 10.1. The molecule has 35 heavy (non-hydrogen) atoms. The van der Waals surface area contributed by atoms with Gasteiger partial charge < -0.3 is 15.3 Å². The van der Waals surface area contributed by atoms with Crippen LogP contribution in [0.3, 0.4) is 0 Å². The monoisotopic (exact) mass is 487 g/mol. The smallest absolute Gasteiger partial charge is 0.159 e. The fourth-order valence-corrected chi connectivity index (χ4v) is 4.57. The normalized spacial score (nSPS) is 16.9. The molecule has 0 amide bonds. The van der Waals surface area contributed by atoms with Crippen LogP contribution in [0.5, 0.6) is 0 Å². The van der Waals surface area contributed by atoms with Crippen molar-refractivity contribution in [2.45, 2.75) is 6.92 Å². The summed E-state index contributed by atoms with van der Waals surface area (Å²) in [5.41, 5.74) is 4.64. The number of quaternary nitrogens is 1. The molecule has 0 aromatic heterocycles. The van der Waals surface area contributed by atoms with Crippen LogP contribution in [0.1, 0.15) is 28.4 Å². The summed E-state index contributed by atoms with van der Waals surface area (Å²) in [7, 11) is 1.96. The number of carbonyl (C=O) groups is 1. The van der Waals surface area contributed by atoms with Crippen LogP contribution in [0.15, 0.2) is 76.8 Å². The molecule has 3 aromatic carbocycles. The van der Waals surface area contributed by atoms with E-state index < -0.39 is 0 Å². The largest absolute Gasteiger partial charge is 0.855 e. The Morgan fingerprint density at radius 2 is 1.77 bits per heavy atom. The summed E-state index contributed by atoms with van der Waals surface area (Å²) in [4.78, 5) is 18.9. The molecule has 0 unspecified atom stereocenters. The zero-order valence-corrected chi connectivity index (χ0v) is 20.4. The molecule has 2 aliphatic heterocycles. The van der Waals surface area contributed by atoms with Gasteiger partial charge in [0.15, 0.2) is 5.78 Å². The summed E-state index contributed by atoms with van der Waals surface area (Å²) in [6, 6.07) is 20.5. The summed E-state index contributed by atoms with van der Waals surface area (Å²) in [5.74, 6) is 0.491. The number of hydrogen-bond acceptors (Lipinski definition) is 6. The van der Waals surface area contributed by atoms with Gasteiger partial charge >= 0.3 is 0 Å². The third-order valence-electron chi connectivity index (χ3n) is 6.47. The van der Waals surface area contributed by atoms with Crippen molar-refractivity contribution in [3.05, 3.63) is 88.4 Å². The van der Waals surface area contributed by atoms with Gasteiger partial charge in [-0.2, -0.15) is 4.59 Å². The van der Waals surface area contributed by atoms with Gasteiger partial charge in [-0.1, -0.05) is 47.0 Å². The predicted octanol–water partition coefficient (Wildman–Crippen LogP) is 4.16. The van der Waals surface area contributed by atoms with Crippen LogP contribution >= 0.6 is 11.6 Å². The zero-order chi connectivity index (χ0) is 24.6. The minimum Gasteiger partial charge on any atom is -0.855 e. The topological polar surface area (TPSA) is 80.1 Å². The molecular weight excluding hydrogens is 462 g/mol. The molecule has 0 aliphatic carbocycles. The fraction of sp³-hybridized carbons (Fsp3) is 0.222. The molecule has 0 radical (unpaired) electrons. The lowest BCUT2D eigenvalue weighted by Gasteiger charge is -2.39. The number of halogens is 1. The third kappa shape index (κ3) is 4.78. The molecule has 1 fully saturated rings. The molecule has 8 heteroatoms. The standard InChI is InChI=1S/C27H26ClN5O2/c1-18(34)19-6-5-7-20(16-19)27(35)31-33(2)14-12-32(13-15-33)26-22-8-3-4-9-23(22)29-24-11-10-21(28)17-25(24)30-26/h3-11,16-17H,12-15H2,1-2H3,(H-,29,30,31,35). The summed E-state index contributed by atoms with van der Waals surface area (Å²) in [5, 5.41) is 21.5. The van der Waals surface area contributed by atoms with Crippen molar-refractivity contribution in [3.8, 4) is 0 Å². The molecule has 0 spiro atoms. The number of benzene rings is 3. The number of nitrogens with zero attached hydrogens (tertiary/aromatic N) is 4. The van der Waals surface area contributed by atoms with Crippen molar-refractivity contribution in [2.24, 2.45) is 10.1 Å². The van der Waals surface area contributed by atoms with Gasteiger partial charge in [0.2, 0.25) is 0 Å². The van der Waals surface area contributed by atoms with Crippen LogP contribution in [-0.4, -0.2) is 60.2 Å². The maximum absolute atomic E-state index is 12.9. The Morgan fingerprint density at radius 3 is 2.54 bits per heavy atom. The van der Waals surface area contributed by atoms with Gasteiger partial charge in [0.1, 0.15) is 18.9 Å². The van der Waals surface area contributed by atoms with E-state index in [1.165, 1.54) is 6.92 Å². The summed E-state index contributed by atoms with van der Waals surface area (Å²) in [6.45, 7) is 4.15. The Hall–Kier alpha value is -3.68. The molecule has 2 aliphatic rings. The highest BCUT2D eigenvalue weighted by atomic mass is 35.5. The molecular formula is C27H26ClN5O2. The number of likely N-dealkylation sites (N-methyl/N-ethyl adjacent to an activating group) is 1. The van der Waals surface area contributed by atoms with Crippen LogP contribution in [0.25, 0.3) is 0 Å². The van der Waals surface area contributed by atoms with Gasteiger partial charge in [-0.15, -0.1) is 0 Å². The number of rotatable bonds is 3. The number of ketones is 1. The van der Waals surface area contributed by atoms with Crippen molar-refractivity contribution in [1.82, 2.24) is 4.90 Å². The highest BCUT2D eigenvalue weighted by Crippen LogP contribution is 2.36. The van der Waals surface area contributed by atoms with Crippen LogP contribution in [0.4, 0.5) is 17.1 Å². The molecule has 3 aromatic rings. The maximum Gasteiger partial charge on any atom is 0.159 e. The van der Waals surface area contributed by atoms with Crippen molar-refractivity contribution in [1.29, 1.82) is 0 Å². The van der Waals surface area contributed by atoms with Crippen molar-refractivity contribution in [2.75, 3.05) is 38.5 Å². The number of nitrogens with one attached hydrogen (secondary N) is 1. The second-order valence-corrected chi connectivity index (χ2v) is 9.52. The molecule has 5 rings (SSSR count). The molecule has 1 N–H and O–H groups in total. The number of piperazine rings is 1. The molecule has 1 saturated heterocycles. The van der Waals surface area contributed by atoms with Crippen molar-refractivity contribution < 1.29 is 14.5 Å². The Bertz CT molecular complexity index is 1360. The maximum atomic E-state index is 12.9. The first-order valence-electron chi connectivity index (χ1n) is 11.5. The van der Waals surface area contributed by atoms with E-state index in [1.807, 2.05) is 43.4 Å². The molecule has 2 heterocycles. The van der Waals surface area contributed by atoms with Gasteiger partial charge in [-0.05, 0) is 48.9 Å². The Morgan fingerprint density at radius 1 is 1.03 bits per heavy atom. The van der Waals surface area contributed by atoms with Gasteiger partial charge in [0.05, 0.1) is 37.4 Å². The van der Waals surface area contributed by atoms with Crippen LogP contribution < -0.4 is 10.4 Å². The van der Waals surface area contributed by atoms with E-state index in [9.17, 15) is 9.90 Å². The predicted molar refractivity (Wildman–Crippen MR) is 138 cm³/mol. The van der Waals surface area contributed by atoms with Crippen molar-refractivity contribution in [3.63, 3.8) is 0 Å². The minimum absolute atomic E-state index is 0.0736. The van der Waals surface area contributed by atoms with Crippen molar-refractivity contribution >= 4 is 46.2 Å². The van der Waals surface area contributed by atoms with E-state index in [0.29, 0.717) is 42.3 Å². The second kappa shape index (κ2) is 9.17. The number of Topliss-reactive ketones (excluding diaryl/α,β-unsaturated/α-hetero) is 1. The zero-order valence-electron chi connectivity index (χ0n) is 19.7. The first kappa shape index (κ1) is 23.1. The Labute approximate surface area is 209 Å². The number of hydrogen-bond donors (Lipinski definition) is 1. The summed E-state index contributed by atoms with van der Waals surface area (Å²) >= 11 is 6.26. The number of aliphatic imine (C=N–C) groups is 1. The highest BCUT2D eigenvalue weighted by Gasteiger charge is 2.32. The number of amidine groups is 1. The number of carbonyl (C=O) groups excluding carboxylic acids is 1. The lowest BCUT2D eigenvalue weighted by Crippen LogP contribution is -2.56. The fourth-order valence-electron chi connectivity index (χ4n) is 4.41. The highest BCUT2D eigenvalue weighted by molar-refractivity contribution is 6.31. The molecule has 0 atom stereocenters. The third-order valence-corrected chi connectivity index (χ3v) is 6.71. The van der Waals surface area contributed by atoms with Crippen LogP contribution in [-0.2, 0) is 0 Å². The van der Waals surface area contributed by atoms with Gasteiger partial charge in [-0.25, -0.2) is 4.99 Å². The molecule has 178 valence electrons.